The number of piperidine rings is 1. The number of carbonyl (C=O) groups is 5. The molecule has 2 aromatic carbocycles. The van der Waals surface area contributed by atoms with Crippen molar-refractivity contribution < 1.29 is 24.0 Å². The Morgan fingerprint density at radius 3 is 2.19 bits per heavy atom. The Morgan fingerprint density at radius 1 is 0.917 bits per heavy atom. The highest BCUT2D eigenvalue weighted by atomic mass is 16.2. The van der Waals surface area contributed by atoms with Crippen molar-refractivity contribution in [3.8, 4) is 0 Å². The van der Waals surface area contributed by atoms with E-state index in [1.54, 1.807) is 11.0 Å². The standard InChI is InChI=1S/C38H47N5O5/c1-6-8-18-29(33(44)35(46)39-19-7-2)41-34(45)32-30-28(38(30,4)5)22-43(32)36(47)31(27-20-25-16-12-13-17-26(25)21-27)42-37(48)40-23(3)24-14-10-9-11-15-24/h6-7,9-17,23,27-32H,1-2,8,18-22H2,3-5H3,(H,39,46)(H,41,45)(H2,40,42,48)/t23?,28-,29?,30-,31+,32+/m1/s1. The molecule has 48 heavy (non-hydrogen) atoms. The zero-order valence-corrected chi connectivity index (χ0v) is 28.0. The van der Waals surface area contributed by atoms with Crippen molar-refractivity contribution in [1.29, 1.82) is 0 Å². The van der Waals surface area contributed by atoms with Crippen molar-refractivity contribution >= 4 is 29.5 Å². The van der Waals surface area contributed by atoms with E-state index in [1.165, 1.54) is 6.08 Å². The summed E-state index contributed by atoms with van der Waals surface area (Å²) in [5.74, 6) is -2.62. The first-order chi connectivity index (χ1) is 23.0. The van der Waals surface area contributed by atoms with Gasteiger partial charge in [-0.1, -0.05) is 80.6 Å². The summed E-state index contributed by atoms with van der Waals surface area (Å²) < 4.78 is 0. The van der Waals surface area contributed by atoms with Crippen LogP contribution in [0, 0.1) is 23.2 Å². The van der Waals surface area contributed by atoms with E-state index in [2.05, 4.69) is 48.3 Å². The van der Waals surface area contributed by atoms with E-state index in [0.29, 0.717) is 25.8 Å². The molecular formula is C38H47N5O5. The highest BCUT2D eigenvalue weighted by molar-refractivity contribution is 6.38. The molecular weight excluding hydrogens is 606 g/mol. The van der Waals surface area contributed by atoms with Gasteiger partial charge in [-0.25, -0.2) is 4.79 Å². The van der Waals surface area contributed by atoms with E-state index in [-0.39, 0.29) is 48.1 Å². The number of benzene rings is 2. The van der Waals surface area contributed by atoms with Gasteiger partial charge in [0.15, 0.2) is 0 Å². The third-order valence-corrected chi connectivity index (χ3v) is 10.4. The molecule has 5 amide bonds. The van der Waals surface area contributed by atoms with Crippen LogP contribution in [0.2, 0.25) is 0 Å². The summed E-state index contributed by atoms with van der Waals surface area (Å²) in [6.45, 7) is 13.8. The molecule has 1 heterocycles. The number of allylic oxidation sites excluding steroid dienone is 1. The van der Waals surface area contributed by atoms with Crippen molar-refractivity contribution in [3.63, 3.8) is 0 Å². The molecule has 10 nitrogen and oxygen atoms in total. The Hall–Kier alpha value is -4.73. The minimum atomic E-state index is -1.08. The molecule has 2 aromatic rings. The van der Waals surface area contributed by atoms with Gasteiger partial charge in [-0.2, -0.15) is 0 Å². The summed E-state index contributed by atoms with van der Waals surface area (Å²) in [7, 11) is 0. The van der Waals surface area contributed by atoms with Gasteiger partial charge in [0.05, 0.1) is 12.1 Å². The molecule has 10 heteroatoms. The number of nitrogens with zero attached hydrogens (tertiary/aromatic N) is 1. The minimum absolute atomic E-state index is 0.0868. The number of likely N-dealkylation sites (tertiary alicyclic amines) is 1. The molecule has 5 rings (SSSR count). The summed E-state index contributed by atoms with van der Waals surface area (Å²) in [6, 6.07) is 14.0. The maximum absolute atomic E-state index is 14.6. The molecule has 2 unspecified atom stereocenters. The zero-order chi connectivity index (χ0) is 34.6. The van der Waals surface area contributed by atoms with Gasteiger partial charge in [-0.3, -0.25) is 19.2 Å². The second-order valence-corrected chi connectivity index (χ2v) is 13.8. The summed E-state index contributed by atoms with van der Waals surface area (Å²) >= 11 is 0. The molecule has 2 aliphatic carbocycles. The van der Waals surface area contributed by atoms with Crippen molar-refractivity contribution in [1.82, 2.24) is 26.2 Å². The molecule has 0 spiro atoms. The Kier molecular flexibility index (Phi) is 10.5. The molecule has 0 bridgehead atoms. The van der Waals surface area contributed by atoms with Gasteiger partial charge in [0.25, 0.3) is 5.91 Å². The molecule has 254 valence electrons. The predicted octanol–water partition coefficient (Wildman–Crippen LogP) is 3.64. The number of rotatable bonds is 14. The lowest BCUT2D eigenvalue weighted by Gasteiger charge is -2.35. The Labute approximate surface area is 282 Å². The van der Waals surface area contributed by atoms with Gasteiger partial charge in [-0.05, 0) is 72.5 Å². The topological polar surface area (TPSA) is 137 Å². The first-order valence-corrected chi connectivity index (χ1v) is 16.8. The number of nitrogens with one attached hydrogen (secondary N) is 4. The van der Waals surface area contributed by atoms with E-state index in [4.69, 9.17) is 0 Å². The number of hydrogen-bond acceptors (Lipinski definition) is 5. The van der Waals surface area contributed by atoms with E-state index in [9.17, 15) is 24.0 Å². The molecule has 1 aliphatic heterocycles. The Balaban J connectivity index is 1.38. The number of carbonyl (C=O) groups excluding carboxylic acids is 5. The summed E-state index contributed by atoms with van der Waals surface area (Å²) in [6.07, 6.45) is 4.91. The number of hydrogen-bond donors (Lipinski definition) is 4. The normalized spacial score (nSPS) is 22.2. The second-order valence-electron chi connectivity index (χ2n) is 13.8. The third kappa shape index (κ3) is 7.22. The van der Waals surface area contributed by atoms with Crippen LogP contribution >= 0.6 is 0 Å². The molecule has 2 fully saturated rings. The lowest BCUT2D eigenvalue weighted by atomic mass is 9.93. The number of amides is 5. The molecule has 1 saturated heterocycles. The molecule has 1 saturated carbocycles. The molecule has 0 radical (unpaired) electrons. The van der Waals surface area contributed by atoms with E-state index in [0.717, 1.165) is 16.7 Å². The average molecular weight is 654 g/mol. The minimum Gasteiger partial charge on any atom is -0.346 e. The first-order valence-electron chi connectivity index (χ1n) is 16.8. The van der Waals surface area contributed by atoms with Crippen LogP contribution in [0.25, 0.3) is 0 Å². The highest BCUT2D eigenvalue weighted by Gasteiger charge is 2.69. The van der Waals surface area contributed by atoms with E-state index < -0.39 is 41.8 Å². The quantitative estimate of drug-likeness (QED) is 0.182. The third-order valence-electron chi connectivity index (χ3n) is 10.4. The number of Topliss-reactive ketones (excluding diaryl/α,β-unsaturated/α-hetero) is 1. The lowest BCUT2D eigenvalue weighted by molar-refractivity contribution is -0.144. The smallest absolute Gasteiger partial charge is 0.315 e. The van der Waals surface area contributed by atoms with Crippen LogP contribution in [0.5, 0.6) is 0 Å². The van der Waals surface area contributed by atoms with Gasteiger partial charge in [-0.15, -0.1) is 13.2 Å². The average Bonchev–Trinajstić information content (AvgIpc) is 3.44. The van der Waals surface area contributed by atoms with E-state index in [1.807, 2.05) is 61.5 Å². The summed E-state index contributed by atoms with van der Waals surface area (Å²) in [5.41, 5.74) is 3.02. The van der Waals surface area contributed by atoms with Crippen molar-refractivity contribution in [2.45, 2.75) is 70.6 Å². The maximum Gasteiger partial charge on any atom is 0.315 e. The van der Waals surface area contributed by atoms with Crippen LogP contribution in [0.15, 0.2) is 79.9 Å². The lowest BCUT2D eigenvalue weighted by Crippen LogP contribution is -2.60. The Bertz CT molecular complexity index is 1550. The SMILES string of the molecule is C=CCCC(NC(=O)[C@@H]1[C@H]2[C@@H](CN1C(=O)[C@@H](NC(=O)NC(C)c1ccccc1)C1Cc3ccccc3C1)C2(C)C)C(=O)C(=O)NCC=C. The fraction of sp³-hybridized carbons (Fsp3) is 0.447. The Morgan fingerprint density at radius 2 is 1.56 bits per heavy atom. The van der Waals surface area contributed by atoms with Crippen LogP contribution in [-0.2, 0) is 32.0 Å². The fourth-order valence-electron chi connectivity index (χ4n) is 7.63. The van der Waals surface area contributed by atoms with Gasteiger partial charge < -0.3 is 26.2 Å². The van der Waals surface area contributed by atoms with Gasteiger partial charge >= 0.3 is 6.03 Å². The van der Waals surface area contributed by atoms with Gasteiger partial charge in [0.2, 0.25) is 17.6 Å². The van der Waals surface area contributed by atoms with Crippen LogP contribution in [-0.4, -0.2) is 65.7 Å². The zero-order valence-electron chi connectivity index (χ0n) is 28.0. The van der Waals surface area contributed by atoms with E-state index >= 15 is 0 Å². The first kappa shape index (κ1) is 34.6. The molecule has 0 aromatic heterocycles. The maximum atomic E-state index is 14.6. The fourth-order valence-corrected chi connectivity index (χ4v) is 7.63. The van der Waals surface area contributed by atoms with Gasteiger partial charge in [0, 0.05) is 13.1 Å². The van der Waals surface area contributed by atoms with Gasteiger partial charge in [0.1, 0.15) is 12.1 Å². The van der Waals surface area contributed by atoms with Crippen LogP contribution in [0.4, 0.5) is 4.79 Å². The number of ketones is 1. The molecule has 4 N–H and O–H groups in total. The van der Waals surface area contributed by atoms with Crippen LogP contribution in [0.1, 0.15) is 56.3 Å². The van der Waals surface area contributed by atoms with Crippen molar-refractivity contribution in [3.05, 3.63) is 96.6 Å². The highest BCUT2D eigenvalue weighted by Crippen LogP contribution is 2.65. The summed E-state index contributed by atoms with van der Waals surface area (Å²) in [5, 5.41) is 11.3. The predicted molar refractivity (Wildman–Crippen MR) is 183 cm³/mol. The van der Waals surface area contributed by atoms with Crippen LogP contribution < -0.4 is 21.3 Å². The van der Waals surface area contributed by atoms with Crippen LogP contribution in [0.3, 0.4) is 0 Å². The molecule has 6 atom stereocenters. The van der Waals surface area contributed by atoms with Crippen molar-refractivity contribution in [2.75, 3.05) is 13.1 Å². The monoisotopic (exact) mass is 653 g/mol. The molecule has 3 aliphatic rings. The second kappa shape index (κ2) is 14.6. The number of urea groups is 1. The number of fused-ring (bicyclic) bond motifs is 2. The largest absolute Gasteiger partial charge is 0.346 e. The van der Waals surface area contributed by atoms with Crippen molar-refractivity contribution in [2.24, 2.45) is 23.2 Å². The summed E-state index contributed by atoms with van der Waals surface area (Å²) in [4.78, 5) is 69.5.